The van der Waals surface area contributed by atoms with Crippen LogP contribution in [0, 0.1) is 11.6 Å². The summed E-state index contributed by atoms with van der Waals surface area (Å²) < 4.78 is 29.7. The summed E-state index contributed by atoms with van der Waals surface area (Å²) in [6.07, 6.45) is 2.76. The van der Waals surface area contributed by atoms with Crippen molar-refractivity contribution in [2.24, 2.45) is 0 Å². The van der Waals surface area contributed by atoms with Gasteiger partial charge in [-0.15, -0.1) is 0 Å². The van der Waals surface area contributed by atoms with Crippen molar-refractivity contribution in [2.45, 2.75) is 25.2 Å². The number of aliphatic hydroxyl groups is 1. The molecule has 3 N–H and O–H groups in total. The van der Waals surface area contributed by atoms with Gasteiger partial charge in [-0.25, -0.2) is 23.5 Å². The number of hydrogen-bond donors (Lipinski definition) is 3. The van der Waals surface area contributed by atoms with Gasteiger partial charge in [-0.3, -0.25) is 0 Å². The molecule has 186 valence electrons. The number of hydrogen-bond acceptors (Lipinski definition) is 6. The predicted molar refractivity (Wildman–Crippen MR) is 135 cm³/mol. The fraction of sp³-hybridized carbons (Fsp3) is 0.200. The number of rotatable bonds is 8. The normalized spacial score (nSPS) is 14.8. The van der Waals surface area contributed by atoms with Gasteiger partial charge in [-0.2, -0.15) is 5.10 Å². The Morgan fingerprint density at radius 2 is 1.92 bits per heavy atom. The number of fused-ring (bicyclic) bond motifs is 1. The zero-order valence-electron chi connectivity index (χ0n) is 18.9. The minimum Gasteiger partial charge on any atom is -0.382 e. The highest BCUT2D eigenvalue weighted by atomic mass is 35.5. The highest BCUT2D eigenvalue weighted by Crippen LogP contribution is 2.33. The summed E-state index contributed by atoms with van der Waals surface area (Å²) in [6, 6.07) is 14.4. The molecule has 3 aromatic carbocycles. The molecule has 0 saturated carbocycles. The Bertz CT molecular complexity index is 1390. The molecule has 0 bridgehead atoms. The summed E-state index contributed by atoms with van der Waals surface area (Å²) in [7, 11) is 0. The molecule has 5 rings (SSSR count). The zero-order valence-corrected chi connectivity index (χ0v) is 20.4. The second kappa shape index (κ2) is 10.0. The molecule has 0 fully saturated rings. The monoisotopic (exact) mass is 530 g/mol. The van der Waals surface area contributed by atoms with E-state index in [4.69, 9.17) is 23.2 Å². The lowest BCUT2D eigenvalue weighted by Gasteiger charge is -2.33. The van der Waals surface area contributed by atoms with Crippen LogP contribution in [0.3, 0.4) is 0 Å². The van der Waals surface area contributed by atoms with Gasteiger partial charge in [-0.05, 0) is 47.5 Å². The highest BCUT2D eigenvalue weighted by molar-refractivity contribution is 6.35. The van der Waals surface area contributed by atoms with Crippen molar-refractivity contribution in [1.29, 1.82) is 0 Å². The van der Waals surface area contributed by atoms with E-state index in [1.165, 1.54) is 23.4 Å². The van der Waals surface area contributed by atoms with Crippen molar-refractivity contribution in [3.05, 3.63) is 106 Å². The van der Waals surface area contributed by atoms with Crippen LogP contribution >= 0.6 is 23.2 Å². The third-order valence-electron chi connectivity index (χ3n) is 6.02. The lowest BCUT2D eigenvalue weighted by molar-refractivity contribution is -0.0160. The summed E-state index contributed by atoms with van der Waals surface area (Å²) in [5.74, 6) is -1.55. The molecule has 4 aromatic rings. The maximum atomic E-state index is 14.7. The molecule has 1 aliphatic rings. The molecule has 0 amide bonds. The SMILES string of the molecule is OC(CN1Cc2cc(NCc3ccc(Cl)cc3Cl)ccc2N1)(Cn1cncn1)c1ccc(F)cc1F. The Labute approximate surface area is 216 Å². The smallest absolute Gasteiger partial charge is 0.137 e. The minimum absolute atomic E-state index is 0.00718. The van der Waals surface area contributed by atoms with Gasteiger partial charge < -0.3 is 15.8 Å². The molecule has 7 nitrogen and oxygen atoms in total. The van der Waals surface area contributed by atoms with Crippen molar-refractivity contribution < 1.29 is 13.9 Å². The van der Waals surface area contributed by atoms with Crippen molar-refractivity contribution in [3.8, 4) is 0 Å². The van der Waals surface area contributed by atoms with Gasteiger partial charge in [0.25, 0.3) is 0 Å². The third kappa shape index (κ3) is 5.29. The Morgan fingerprint density at radius 1 is 1.06 bits per heavy atom. The highest BCUT2D eigenvalue weighted by Gasteiger charge is 2.37. The van der Waals surface area contributed by atoms with Crippen molar-refractivity contribution in [2.75, 3.05) is 17.3 Å². The van der Waals surface area contributed by atoms with Gasteiger partial charge in [-0.1, -0.05) is 35.3 Å². The van der Waals surface area contributed by atoms with E-state index in [1.54, 1.807) is 17.1 Å². The standard InChI is InChI=1S/C25H22Cl2F2N6O/c26-18-2-1-16(22(27)8-18)10-31-20-4-6-24-17(7-20)11-34(33-24)12-25(36,13-35-15-30-14-32-35)21-5-3-19(28)9-23(21)29/h1-9,14-15,31,33,36H,10-13H2. The van der Waals surface area contributed by atoms with Gasteiger partial charge in [0.2, 0.25) is 0 Å². The number of benzene rings is 3. The predicted octanol–water partition coefficient (Wildman–Crippen LogP) is 5.21. The van der Waals surface area contributed by atoms with E-state index in [0.29, 0.717) is 23.1 Å². The van der Waals surface area contributed by atoms with E-state index < -0.39 is 17.2 Å². The molecule has 1 unspecified atom stereocenters. The lowest BCUT2D eigenvalue weighted by Crippen LogP contribution is -2.45. The molecule has 0 saturated heterocycles. The van der Waals surface area contributed by atoms with E-state index >= 15 is 0 Å². The van der Waals surface area contributed by atoms with Crippen molar-refractivity contribution in [3.63, 3.8) is 0 Å². The summed E-state index contributed by atoms with van der Waals surface area (Å²) in [5, 5.41) is 22.0. The molecular formula is C25H22Cl2F2N6O. The number of anilines is 2. The number of hydrazine groups is 1. The first-order chi connectivity index (χ1) is 17.3. The first kappa shape index (κ1) is 24.5. The molecule has 0 radical (unpaired) electrons. The fourth-order valence-electron chi connectivity index (χ4n) is 4.30. The zero-order chi connectivity index (χ0) is 25.3. The first-order valence-corrected chi connectivity index (χ1v) is 11.9. The Kier molecular flexibility index (Phi) is 6.81. The number of nitrogens with one attached hydrogen (secondary N) is 2. The Balaban J connectivity index is 1.32. The lowest BCUT2D eigenvalue weighted by atomic mass is 9.92. The quantitative estimate of drug-likeness (QED) is 0.290. The van der Waals surface area contributed by atoms with Gasteiger partial charge in [0.1, 0.15) is 29.9 Å². The maximum absolute atomic E-state index is 14.7. The summed E-state index contributed by atoms with van der Waals surface area (Å²) in [5.41, 5.74) is 5.18. The fourth-order valence-corrected chi connectivity index (χ4v) is 4.78. The van der Waals surface area contributed by atoms with Crippen LogP contribution in [0.1, 0.15) is 16.7 Å². The van der Waals surface area contributed by atoms with E-state index in [0.717, 1.165) is 34.6 Å². The van der Waals surface area contributed by atoms with E-state index in [1.807, 2.05) is 24.3 Å². The Hall–Kier alpha value is -3.24. The number of halogens is 4. The van der Waals surface area contributed by atoms with Crippen LogP contribution in [-0.2, 0) is 25.2 Å². The molecule has 1 atom stereocenters. The topological polar surface area (TPSA) is 78.2 Å². The molecule has 0 spiro atoms. The maximum Gasteiger partial charge on any atom is 0.137 e. The molecule has 11 heteroatoms. The Morgan fingerprint density at radius 3 is 2.67 bits per heavy atom. The van der Waals surface area contributed by atoms with Crippen molar-refractivity contribution in [1.82, 2.24) is 19.8 Å². The number of β-amino-alcohol motifs (C(OH)–C–C–N with tert-alkyl or cyclic N) is 1. The summed E-state index contributed by atoms with van der Waals surface area (Å²) >= 11 is 12.2. The van der Waals surface area contributed by atoms with Crippen LogP contribution in [0.5, 0.6) is 0 Å². The third-order valence-corrected chi connectivity index (χ3v) is 6.61. The van der Waals surface area contributed by atoms with E-state index in [2.05, 4.69) is 20.8 Å². The molecule has 0 aliphatic carbocycles. The average molecular weight is 531 g/mol. The van der Waals surface area contributed by atoms with Crippen LogP contribution in [0.25, 0.3) is 0 Å². The van der Waals surface area contributed by atoms with Gasteiger partial charge in [0.15, 0.2) is 0 Å². The average Bonchev–Trinajstić information content (AvgIpc) is 3.47. The molecule has 2 heterocycles. The van der Waals surface area contributed by atoms with Crippen LogP contribution in [0.2, 0.25) is 10.0 Å². The molecular weight excluding hydrogens is 509 g/mol. The van der Waals surface area contributed by atoms with E-state index in [9.17, 15) is 13.9 Å². The second-order valence-corrected chi connectivity index (χ2v) is 9.52. The van der Waals surface area contributed by atoms with Crippen LogP contribution in [0.15, 0.2) is 67.3 Å². The summed E-state index contributed by atoms with van der Waals surface area (Å²) in [4.78, 5) is 3.90. The van der Waals surface area contributed by atoms with Crippen LogP contribution in [0.4, 0.5) is 20.2 Å². The van der Waals surface area contributed by atoms with Crippen LogP contribution in [-0.4, -0.2) is 31.4 Å². The first-order valence-electron chi connectivity index (χ1n) is 11.1. The van der Waals surface area contributed by atoms with Crippen LogP contribution < -0.4 is 10.7 Å². The molecule has 1 aromatic heterocycles. The van der Waals surface area contributed by atoms with Gasteiger partial charge >= 0.3 is 0 Å². The minimum atomic E-state index is -1.72. The van der Waals surface area contributed by atoms with E-state index in [-0.39, 0.29) is 18.7 Å². The second-order valence-electron chi connectivity index (χ2n) is 8.68. The van der Waals surface area contributed by atoms with Gasteiger partial charge in [0.05, 0.1) is 18.8 Å². The molecule has 1 aliphatic heterocycles. The largest absolute Gasteiger partial charge is 0.382 e. The number of aromatic nitrogens is 3. The van der Waals surface area contributed by atoms with Crippen molar-refractivity contribution >= 4 is 34.6 Å². The molecule has 36 heavy (non-hydrogen) atoms. The number of nitrogens with zero attached hydrogens (tertiary/aromatic N) is 4. The summed E-state index contributed by atoms with van der Waals surface area (Å²) in [6.45, 7) is 0.911. The van der Waals surface area contributed by atoms with Gasteiger partial charge in [0, 0.05) is 40.5 Å².